The first-order valence-electron chi connectivity index (χ1n) is 5.47. The molecule has 0 aliphatic heterocycles. The van der Waals surface area contributed by atoms with Crippen molar-refractivity contribution in [1.29, 1.82) is 0 Å². The lowest BCUT2D eigenvalue weighted by Crippen LogP contribution is -2.16. The van der Waals surface area contributed by atoms with Gasteiger partial charge in [0, 0.05) is 9.35 Å². The number of primary amides is 1. The summed E-state index contributed by atoms with van der Waals surface area (Å²) >= 11 is 9.34. The third-order valence-corrected chi connectivity index (χ3v) is 7.11. The summed E-state index contributed by atoms with van der Waals surface area (Å²) in [6.45, 7) is 3.71. The van der Waals surface area contributed by atoms with Gasteiger partial charge in [0.2, 0.25) is 0 Å². The first-order valence-corrected chi connectivity index (χ1v) is 8.69. The van der Waals surface area contributed by atoms with E-state index in [0.717, 1.165) is 18.7 Å². The van der Waals surface area contributed by atoms with Crippen LogP contribution in [-0.2, 0) is 0 Å². The fourth-order valence-electron chi connectivity index (χ4n) is 1.63. The molecule has 0 aliphatic rings. The highest BCUT2D eigenvalue weighted by Crippen LogP contribution is 2.35. The highest BCUT2D eigenvalue weighted by molar-refractivity contribution is 9.13. The van der Waals surface area contributed by atoms with E-state index in [9.17, 15) is 9.59 Å². The number of rotatable bonds is 3. The van der Waals surface area contributed by atoms with E-state index in [0.29, 0.717) is 15.4 Å². The van der Waals surface area contributed by atoms with Crippen LogP contribution in [0.4, 0.5) is 5.00 Å². The van der Waals surface area contributed by atoms with Gasteiger partial charge in [-0.2, -0.15) is 0 Å². The molecule has 4 nitrogen and oxygen atoms in total. The molecule has 0 aliphatic carbocycles. The van der Waals surface area contributed by atoms with Crippen molar-refractivity contribution in [2.24, 2.45) is 5.73 Å². The van der Waals surface area contributed by atoms with E-state index >= 15 is 0 Å². The molecule has 0 aromatic carbocycles. The topological polar surface area (TPSA) is 72.2 Å². The molecular weight excluding hydrogens is 428 g/mol. The Morgan fingerprint density at radius 3 is 2.40 bits per heavy atom. The van der Waals surface area contributed by atoms with Gasteiger partial charge in [0.25, 0.3) is 11.8 Å². The standard InChI is InChI=1S/C12H10Br2N2O2S2/c1-4-5(2)19-12(8(4)10(15)17)16-11(18)7-3-6(13)9(14)20-7/h3H,1-2H3,(H2,15,17)(H,16,18). The number of halogens is 2. The van der Waals surface area contributed by atoms with Crippen LogP contribution in [0.15, 0.2) is 14.3 Å². The number of hydrogen-bond acceptors (Lipinski definition) is 4. The zero-order valence-electron chi connectivity index (χ0n) is 10.5. The van der Waals surface area contributed by atoms with Crippen LogP contribution in [0.3, 0.4) is 0 Å². The third-order valence-electron chi connectivity index (χ3n) is 2.73. The Labute approximate surface area is 140 Å². The molecule has 0 atom stereocenters. The maximum atomic E-state index is 12.2. The Bertz CT molecular complexity index is 687. The number of carbonyl (C=O) groups is 2. The molecular formula is C12H10Br2N2O2S2. The number of thiophene rings is 2. The van der Waals surface area contributed by atoms with Gasteiger partial charge < -0.3 is 11.1 Å². The van der Waals surface area contributed by atoms with E-state index < -0.39 is 5.91 Å². The van der Waals surface area contributed by atoms with E-state index in [-0.39, 0.29) is 5.91 Å². The van der Waals surface area contributed by atoms with Crippen LogP contribution in [0.1, 0.15) is 30.5 Å². The lowest BCUT2D eigenvalue weighted by Gasteiger charge is -2.03. The Morgan fingerprint density at radius 1 is 1.25 bits per heavy atom. The first kappa shape index (κ1) is 15.7. The van der Waals surface area contributed by atoms with Crippen molar-refractivity contribution in [2.45, 2.75) is 13.8 Å². The Kier molecular flexibility index (Phi) is 4.68. The molecule has 0 spiro atoms. The minimum Gasteiger partial charge on any atom is -0.365 e. The Balaban J connectivity index is 2.33. The lowest BCUT2D eigenvalue weighted by molar-refractivity contribution is 0.100. The molecule has 2 aromatic rings. The van der Waals surface area contributed by atoms with Crippen molar-refractivity contribution in [3.63, 3.8) is 0 Å². The normalized spacial score (nSPS) is 10.6. The summed E-state index contributed by atoms with van der Waals surface area (Å²) < 4.78 is 1.66. The van der Waals surface area contributed by atoms with Gasteiger partial charge in [-0.3, -0.25) is 9.59 Å². The van der Waals surface area contributed by atoms with Crippen molar-refractivity contribution in [3.05, 3.63) is 35.2 Å². The Morgan fingerprint density at radius 2 is 1.90 bits per heavy atom. The predicted octanol–water partition coefficient (Wildman–Crippen LogP) is 4.30. The molecule has 0 bridgehead atoms. The number of hydrogen-bond donors (Lipinski definition) is 2. The quantitative estimate of drug-likeness (QED) is 0.750. The van der Waals surface area contributed by atoms with Crippen LogP contribution in [-0.4, -0.2) is 11.8 Å². The van der Waals surface area contributed by atoms with E-state index in [4.69, 9.17) is 5.73 Å². The molecule has 0 fully saturated rings. The van der Waals surface area contributed by atoms with Gasteiger partial charge in [-0.05, 0) is 57.3 Å². The minimum absolute atomic E-state index is 0.259. The minimum atomic E-state index is -0.532. The first-order chi connectivity index (χ1) is 9.31. The summed E-state index contributed by atoms with van der Waals surface area (Å²) in [5.74, 6) is -0.791. The van der Waals surface area contributed by atoms with Crippen LogP contribution >= 0.6 is 54.5 Å². The predicted molar refractivity (Wildman–Crippen MR) is 90.0 cm³/mol. The van der Waals surface area contributed by atoms with Gasteiger partial charge in [0.05, 0.1) is 14.2 Å². The molecule has 106 valence electrons. The van der Waals surface area contributed by atoms with Crippen LogP contribution in [0.5, 0.6) is 0 Å². The van der Waals surface area contributed by atoms with Crippen LogP contribution in [0.2, 0.25) is 0 Å². The number of amides is 2. The van der Waals surface area contributed by atoms with Crippen LogP contribution < -0.4 is 11.1 Å². The highest BCUT2D eigenvalue weighted by atomic mass is 79.9. The molecule has 0 radical (unpaired) electrons. The summed E-state index contributed by atoms with van der Waals surface area (Å²) in [4.78, 5) is 25.2. The zero-order chi connectivity index (χ0) is 15.0. The number of nitrogens with two attached hydrogens (primary N) is 1. The summed E-state index contributed by atoms with van der Waals surface area (Å²) in [5, 5.41) is 3.26. The van der Waals surface area contributed by atoms with E-state index in [1.807, 2.05) is 13.8 Å². The van der Waals surface area contributed by atoms with Crippen molar-refractivity contribution in [2.75, 3.05) is 5.32 Å². The second-order valence-corrected chi connectivity index (χ2v) is 8.49. The SMILES string of the molecule is Cc1sc(NC(=O)c2cc(Br)c(Br)s2)c(C(N)=O)c1C. The van der Waals surface area contributed by atoms with Gasteiger partial charge in [-0.1, -0.05) is 0 Å². The Hall–Kier alpha value is -0.700. The smallest absolute Gasteiger partial charge is 0.266 e. The lowest BCUT2D eigenvalue weighted by atomic mass is 10.1. The molecule has 2 aromatic heterocycles. The molecule has 0 saturated heterocycles. The van der Waals surface area contributed by atoms with Crippen molar-refractivity contribution in [3.8, 4) is 0 Å². The average molecular weight is 438 g/mol. The van der Waals surface area contributed by atoms with Crippen molar-refractivity contribution < 1.29 is 9.59 Å². The molecule has 2 rings (SSSR count). The molecule has 3 N–H and O–H groups in total. The van der Waals surface area contributed by atoms with Gasteiger partial charge in [0.1, 0.15) is 5.00 Å². The number of aryl methyl sites for hydroxylation is 1. The molecule has 8 heteroatoms. The van der Waals surface area contributed by atoms with Gasteiger partial charge in [-0.15, -0.1) is 22.7 Å². The molecule has 0 unspecified atom stereocenters. The van der Waals surface area contributed by atoms with Gasteiger partial charge in [0.15, 0.2) is 0 Å². The molecule has 0 saturated carbocycles. The highest BCUT2D eigenvalue weighted by Gasteiger charge is 2.20. The summed E-state index contributed by atoms with van der Waals surface area (Å²) in [6, 6.07) is 1.72. The maximum Gasteiger partial charge on any atom is 0.266 e. The van der Waals surface area contributed by atoms with E-state index in [1.165, 1.54) is 22.7 Å². The number of carbonyl (C=O) groups excluding carboxylic acids is 2. The zero-order valence-corrected chi connectivity index (χ0v) is 15.3. The van der Waals surface area contributed by atoms with Crippen LogP contribution in [0.25, 0.3) is 0 Å². The average Bonchev–Trinajstić information content (AvgIpc) is 2.81. The van der Waals surface area contributed by atoms with Crippen molar-refractivity contribution >= 4 is 71.3 Å². The van der Waals surface area contributed by atoms with Gasteiger partial charge in [-0.25, -0.2) is 0 Å². The maximum absolute atomic E-state index is 12.2. The van der Waals surface area contributed by atoms with Crippen molar-refractivity contribution in [1.82, 2.24) is 0 Å². The van der Waals surface area contributed by atoms with E-state index in [1.54, 1.807) is 6.07 Å². The second kappa shape index (κ2) is 5.97. The monoisotopic (exact) mass is 436 g/mol. The number of anilines is 1. The largest absolute Gasteiger partial charge is 0.365 e. The molecule has 2 amide bonds. The second-order valence-electron chi connectivity index (χ2n) is 4.04. The fourth-order valence-corrected chi connectivity index (χ4v) is 4.63. The summed E-state index contributed by atoms with van der Waals surface area (Å²) in [6.07, 6.45) is 0. The van der Waals surface area contributed by atoms with Crippen LogP contribution in [0, 0.1) is 13.8 Å². The summed E-state index contributed by atoms with van der Waals surface area (Å²) in [7, 11) is 0. The summed E-state index contributed by atoms with van der Waals surface area (Å²) in [5.41, 5.74) is 6.57. The van der Waals surface area contributed by atoms with Gasteiger partial charge >= 0.3 is 0 Å². The third kappa shape index (κ3) is 2.98. The molecule has 2 heterocycles. The number of nitrogens with one attached hydrogen (secondary N) is 1. The van der Waals surface area contributed by atoms with E-state index in [2.05, 4.69) is 37.2 Å². The fraction of sp³-hybridized carbons (Fsp3) is 0.167. The molecule has 20 heavy (non-hydrogen) atoms.